The lowest BCUT2D eigenvalue weighted by Crippen LogP contribution is -2.13. The van der Waals surface area contributed by atoms with Crippen LogP contribution < -0.4 is 0 Å². The Balaban J connectivity index is 2.71. The monoisotopic (exact) mass is 231 g/mol. The molecule has 1 rings (SSSR count). The Morgan fingerprint density at radius 1 is 1.45 bits per heavy atom. The Morgan fingerprint density at radius 3 is 2.45 bits per heavy atom. The van der Waals surface area contributed by atoms with E-state index in [0.29, 0.717) is 12.0 Å². The van der Waals surface area contributed by atoms with Gasteiger partial charge in [0.15, 0.2) is 0 Å². The van der Waals surface area contributed by atoms with E-state index in [2.05, 4.69) is 4.99 Å². The van der Waals surface area contributed by atoms with Crippen molar-refractivity contribution in [2.75, 3.05) is 0 Å². The van der Waals surface area contributed by atoms with Gasteiger partial charge in [-0.25, -0.2) is 0 Å². The van der Waals surface area contributed by atoms with Gasteiger partial charge in [0.2, 0.25) is 3.79 Å². The van der Waals surface area contributed by atoms with Gasteiger partial charge in [0, 0.05) is 18.2 Å². The van der Waals surface area contributed by atoms with E-state index in [4.69, 9.17) is 46.4 Å². The van der Waals surface area contributed by atoms with Gasteiger partial charge in [0.1, 0.15) is 5.50 Å². The van der Waals surface area contributed by atoms with E-state index >= 15 is 0 Å². The number of hydrogen-bond donors (Lipinski definition) is 0. The van der Waals surface area contributed by atoms with Crippen molar-refractivity contribution in [1.29, 1.82) is 0 Å². The summed E-state index contributed by atoms with van der Waals surface area (Å²) in [4.78, 5) is 3.90. The summed E-state index contributed by atoms with van der Waals surface area (Å²) < 4.78 is -1.37. The number of allylic oxidation sites excluding steroid dienone is 1. The number of rotatable bonds is 0. The molecular formula is C6H5Cl4N. The van der Waals surface area contributed by atoms with Crippen molar-refractivity contribution in [2.24, 2.45) is 4.99 Å². The molecule has 1 atom stereocenters. The molecule has 1 unspecified atom stereocenters. The molecule has 0 spiro atoms. The van der Waals surface area contributed by atoms with Crippen molar-refractivity contribution < 1.29 is 0 Å². The minimum atomic E-state index is -1.37. The zero-order valence-corrected chi connectivity index (χ0v) is 8.42. The molecule has 0 radical (unpaired) electrons. The van der Waals surface area contributed by atoms with Crippen molar-refractivity contribution in [3.05, 3.63) is 11.6 Å². The highest BCUT2D eigenvalue weighted by Crippen LogP contribution is 2.35. The molecule has 0 saturated heterocycles. The maximum Gasteiger partial charge on any atom is 0.217 e. The molecule has 1 aliphatic rings. The van der Waals surface area contributed by atoms with Crippen LogP contribution in [0, 0.1) is 0 Å². The average molecular weight is 233 g/mol. The van der Waals surface area contributed by atoms with E-state index < -0.39 is 3.79 Å². The molecule has 11 heavy (non-hydrogen) atoms. The molecule has 1 nitrogen and oxygen atoms in total. The van der Waals surface area contributed by atoms with Crippen LogP contribution in [-0.4, -0.2) is 15.5 Å². The fraction of sp³-hybridized carbons (Fsp3) is 0.500. The van der Waals surface area contributed by atoms with Crippen LogP contribution in [0.3, 0.4) is 0 Å². The predicted molar refractivity (Wildman–Crippen MR) is 51.1 cm³/mol. The molecule has 0 aliphatic carbocycles. The van der Waals surface area contributed by atoms with Crippen LogP contribution in [-0.2, 0) is 0 Å². The van der Waals surface area contributed by atoms with Crippen molar-refractivity contribution in [2.45, 2.75) is 15.7 Å². The number of hydrogen-bond acceptors (Lipinski definition) is 1. The first-order chi connectivity index (χ1) is 5.00. The van der Waals surface area contributed by atoms with Gasteiger partial charge in [-0.2, -0.15) is 0 Å². The summed E-state index contributed by atoms with van der Waals surface area (Å²) in [5, 5.41) is 0. The highest BCUT2D eigenvalue weighted by molar-refractivity contribution is 6.70. The normalized spacial score (nSPS) is 25.1. The number of halogens is 4. The van der Waals surface area contributed by atoms with Crippen molar-refractivity contribution in [3.63, 3.8) is 0 Å². The topological polar surface area (TPSA) is 12.4 Å². The zero-order valence-electron chi connectivity index (χ0n) is 5.40. The van der Waals surface area contributed by atoms with E-state index in [1.165, 1.54) is 6.21 Å². The summed E-state index contributed by atoms with van der Waals surface area (Å²) in [5.74, 6) is 0. The summed E-state index contributed by atoms with van der Waals surface area (Å²) in [5.41, 5.74) is 0.366. The lowest BCUT2D eigenvalue weighted by atomic mass is 10.2. The van der Waals surface area contributed by atoms with E-state index in [-0.39, 0.29) is 5.50 Å². The summed E-state index contributed by atoms with van der Waals surface area (Å²) in [6.07, 6.45) is 3.88. The van der Waals surface area contributed by atoms with E-state index in [1.54, 1.807) is 6.08 Å². The highest BCUT2D eigenvalue weighted by atomic mass is 35.6. The molecule has 1 heterocycles. The maximum absolute atomic E-state index is 5.66. The average Bonchev–Trinajstić information content (AvgIpc) is 1.86. The first kappa shape index (κ1) is 9.66. The van der Waals surface area contributed by atoms with Crippen LogP contribution in [0.2, 0.25) is 0 Å². The summed E-state index contributed by atoms with van der Waals surface area (Å²) in [7, 11) is 0. The van der Waals surface area contributed by atoms with Crippen molar-refractivity contribution in [3.8, 4) is 0 Å². The van der Waals surface area contributed by atoms with Gasteiger partial charge in [0.05, 0.1) is 0 Å². The van der Waals surface area contributed by atoms with Crippen LogP contribution in [0.5, 0.6) is 0 Å². The molecule has 1 aliphatic heterocycles. The smallest absolute Gasteiger partial charge is 0.217 e. The van der Waals surface area contributed by atoms with Crippen LogP contribution in [0.1, 0.15) is 6.42 Å². The lowest BCUT2D eigenvalue weighted by Gasteiger charge is -2.15. The quantitative estimate of drug-likeness (QED) is 0.449. The van der Waals surface area contributed by atoms with Crippen molar-refractivity contribution >= 4 is 52.6 Å². The molecule has 5 heteroatoms. The number of nitrogens with zero attached hydrogens (tertiary/aromatic N) is 1. The molecule has 62 valence electrons. The Kier molecular flexibility index (Phi) is 3.10. The van der Waals surface area contributed by atoms with Gasteiger partial charge in [-0.3, -0.25) is 4.99 Å². The fourth-order valence-corrected chi connectivity index (χ4v) is 1.21. The van der Waals surface area contributed by atoms with Gasteiger partial charge in [-0.05, 0) is 0 Å². The third-order valence-electron chi connectivity index (χ3n) is 1.23. The standard InChI is InChI=1S/C6H5Cl4N/c7-5-2-1-4(3-11-5)6(8,9)10/h1,3,5H,2H2. The highest BCUT2D eigenvalue weighted by Gasteiger charge is 2.26. The first-order valence-electron chi connectivity index (χ1n) is 2.95. The Labute approximate surface area is 85.0 Å². The van der Waals surface area contributed by atoms with Crippen LogP contribution >= 0.6 is 46.4 Å². The van der Waals surface area contributed by atoms with Crippen LogP contribution in [0.4, 0.5) is 0 Å². The fourth-order valence-electron chi connectivity index (χ4n) is 0.688. The third-order valence-corrected chi connectivity index (χ3v) is 2.18. The minimum absolute atomic E-state index is 0.217. The summed E-state index contributed by atoms with van der Waals surface area (Å²) in [6.45, 7) is 0. The molecular weight excluding hydrogens is 228 g/mol. The molecule has 0 N–H and O–H groups in total. The molecule has 0 aromatic rings. The SMILES string of the molecule is ClC1CC=C(C(Cl)(Cl)Cl)C=N1. The van der Waals surface area contributed by atoms with Gasteiger partial charge in [0.25, 0.3) is 0 Å². The van der Waals surface area contributed by atoms with Gasteiger partial charge in [-0.1, -0.05) is 52.5 Å². The molecule has 0 aromatic heterocycles. The number of dihydropyridines is 1. The number of aliphatic imine (C=N–C) groups is 1. The Morgan fingerprint density at radius 2 is 2.09 bits per heavy atom. The maximum atomic E-state index is 5.66. The van der Waals surface area contributed by atoms with Crippen LogP contribution in [0.15, 0.2) is 16.6 Å². The number of alkyl halides is 4. The first-order valence-corrected chi connectivity index (χ1v) is 4.52. The summed E-state index contributed by atoms with van der Waals surface area (Å²) >= 11 is 22.4. The van der Waals surface area contributed by atoms with Crippen LogP contribution in [0.25, 0.3) is 0 Å². The second-order valence-corrected chi connectivity index (χ2v) is 4.89. The lowest BCUT2D eigenvalue weighted by molar-refractivity contribution is 0.903. The van der Waals surface area contributed by atoms with Gasteiger partial charge in [-0.15, -0.1) is 0 Å². The van der Waals surface area contributed by atoms with Gasteiger partial charge < -0.3 is 0 Å². The second-order valence-electron chi connectivity index (χ2n) is 2.11. The molecule has 0 fully saturated rings. The van der Waals surface area contributed by atoms with E-state index in [0.717, 1.165) is 0 Å². The van der Waals surface area contributed by atoms with E-state index in [9.17, 15) is 0 Å². The largest absolute Gasteiger partial charge is 0.273 e. The Hall–Kier alpha value is 0.570. The van der Waals surface area contributed by atoms with E-state index in [1.807, 2.05) is 0 Å². The summed E-state index contributed by atoms with van der Waals surface area (Å²) in [6, 6.07) is 0. The molecule has 0 aromatic carbocycles. The third kappa shape index (κ3) is 2.83. The Bertz CT molecular complexity index is 203. The zero-order chi connectivity index (χ0) is 8.48. The second kappa shape index (κ2) is 3.53. The minimum Gasteiger partial charge on any atom is -0.273 e. The molecule has 0 bridgehead atoms. The molecule has 0 amide bonds. The predicted octanol–water partition coefficient (Wildman–Crippen LogP) is 3.32. The van der Waals surface area contributed by atoms with Gasteiger partial charge >= 0.3 is 0 Å². The van der Waals surface area contributed by atoms with Crippen molar-refractivity contribution in [1.82, 2.24) is 0 Å². The molecule has 0 saturated carbocycles.